The van der Waals surface area contributed by atoms with Crippen LogP contribution in [0.3, 0.4) is 0 Å². The number of nitrogens with zero attached hydrogens (tertiary/aromatic N) is 3. The standard InChI is InChI=1S/C22H26N4/c1-5-26(20-9-7-6-8-10-20)22-23-17(4)15-21(25-22)24-19-13-11-18(12-14-19)16(2)3/h6-16H,5H2,1-4H3,(H,23,24,25). The summed E-state index contributed by atoms with van der Waals surface area (Å²) in [6, 6.07) is 20.7. The van der Waals surface area contributed by atoms with E-state index in [-0.39, 0.29) is 0 Å². The highest BCUT2D eigenvalue weighted by Crippen LogP contribution is 2.25. The average molecular weight is 346 g/mol. The molecule has 0 bridgehead atoms. The summed E-state index contributed by atoms with van der Waals surface area (Å²) in [6.07, 6.45) is 0. The van der Waals surface area contributed by atoms with Gasteiger partial charge in [-0.1, -0.05) is 44.2 Å². The molecule has 134 valence electrons. The molecule has 0 aliphatic heterocycles. The van der Waals surface area contributed by atoms with E-state index in [1.807, 2.05) is 31.2 Å². The van der Waals surface area contributed by atoms with Crippen LogP contribution in [0, 0.1) is 6.92 Å². The second-order valence-corrected chi connectivity index (χ2v) is 6.68. The molecule has 0 atom stereocenters. The summed E-state index contributed by atoms with van der Waals surface area (Å²) in [6.45, 7) is 9.31. The van der Waals surface area contributed by atoms with Gasteiger partial charge < -0.3 is 10.2 Å². The molecule has 4 nitrogen and oxygen atoms in total. The number of benzene rings is 2. The molecule has 0 saturated carbocycles. The van der Waals surface area contributed by atoms with Crippen molar-refractivity contribution >= 4 is 23.1 Å². The third kappa shape index (κ3) is 4.20. The first-order valence-electron chi connectivity index (χ1n) is 9.12. The molecule has 0 radical (unpaired) electrons. The van der Waals surface area contributed by atoms with Crippen molar-refractivity contribution in [2.24, 2.45) is 0 Å². The Kier molecular flexibility index (Phi) is 5.52. The van der Waals surface area contributed by atoms with Crippen LogP contribution in [0.15, 0.2) is 60.7 Å². The minimum Gasteiger partial charge on any atom is -0.340 e. The highest BCUT2D eigenvalue weighted by molar-refractivity contribution is 5.62. The maximum atomic E-state index is 4.74. The third-order valence-corrected chi connectivity index (χ3v) is 4.32. The Bertz CT molecular complexity index is 842. The highest BCUT2D eigenvalue weighted by Gasteiger charge is 2.12. The van der Waals surface area contributed by atoms with Gasteiger partial charge in [-0.05, 0) is 49.6 Å². The van der Waals surface area contributed by atoms with E-state index in [1.165, 1.54) is 5.56 Å². The van der Waals surface area contributed by atoms with Gasteiger partial charge in [0.15, 0.2) is 0 Å². The van der Waals surface area contributed by atoms with Gasteiger partial charge in [0.1, 0.15) is 5.82 Å². The molecule has 0 amide bonds. The Balaban J connectivity index is 1.87. The van der Waals surface area contributed by atoms with Crippen LogP contribution < -0.4 is 10.2 Å². The van der Waals surface area contributed by atoms with Crippen LogP contribution in [0.4, 0.5) is 23.1 Å². The molecule has 26 heavy (non-hydrogen) atoms. The molecule has 0 aliphatic carbocycles. The van der Waals surface area contributed by atoms with E-state index >= 15 is 0 Å². The van der Waals surface area contributed by atoms with Crippen LogP contribution in [-0.2, 0) is 0 Å². The summed E-state index contributed by atoms with van der Waals surface area (Å²) in [5.74, 6) is 2.04. The van der Waals surface area contributed by atoms with Gasteiger partial charge in [0.05, 0.1) is 0 Å². The second-order valence-electron chi connectivity index (χ2n) is 6.68. The molecular formula is C22H26N4. The predicted molar refractivity (Wildman–Crippen MR) is 110 cm³/mol. The molecule has 2 aromatic carbocycles. The van der Waals surface area contributed by atoms with Crippen molar-refractivity contribution in [3.63, 3.8) is 0 Å². The Morgan fingerprint density at radius 2 is 1.65 bits per heavy atom. The largest absolute Gasteiger partial charge is 0.340 e. The molecular weight excluding hydrogens is 320 g/mol. The lowest BCUT2D eigenvalue weighted by molar-refractivity contribution is 0.867. The van der Waals surface area contributed by atoms with Crippen molar-refractivity contribution in [2.45, 2.75) is 33.6 Å². The lowest BCUT2D eigenvalue weighted by Crippen LogP contribution is -2.19. The molecule has 1 heterocycles. The molecule has 3 aromatic rings. The average Bonchev–Trinajstić information content (AvgIpc) is 2.63. The van der Waals surface area contributed by atoms with Crippen LogP contribution in [0.2, 0.25) is 0 Å². The minimum absolute atomic E-state index is 0.529. The first-order chi connectivity index (χ1) is 12.6. The Labute approximate surface area is 155 Å². The van der Waals surface area contributed by atoms with Crippen LogP contribution in [0.25, 0.3) is 0 Å². The van der Waals surface area contributed by atoms with Crippen molar-refractivity contribution < 1.29 is 0 Å². The fourth-order valence-electron chi connectivity index (χ4n) is 2.88. The normalized spacial score (nSPS) is 10.8. The second kappa shape index (κ2) is 8.00. The quantitative estimate of drug-likeness (QED) is 0.611. The van der Waals surface area contributed by atoms with Gasteiger partial charge in [-0.25, -0.2) is 4.98 Å². The van der Waals surface area contributed by atoms with E-state index in [4.69, 9.17) is 4.98 Å². The van der Waals surface area contributed by atoms with Gasteiger partial charge in [-0.3, -0.25) is 0 Å². The Morgan fingerprint density at radius 3 is 2.27 bits per heavy atom. The summed E-state index contributed by atoms with van der Waals surface area (Å²) in [5, 5.41) is 3.40. The molecule has 0 spiro atoms. The summed E-state index contributed by atoms with van der Waals surface area (Å²) in [4.78, 5) is 11.5. The van der Waals surface area contributed by atoms with Gasteiger partial charge in [-0.15, -0.1) is 0 Å². The molecule has 1 aromatic heterocycles. The predicted octanol–water partition coefficient (Wildman–Crippen LogP) is 5.81. The SMILES string of the molecule is CCN(c1ccccc1)c1nc(C)cc(Nc2ccc(C(C)C)cc2)n1. The number of rotatable bonds is 6. The van der Waals surface area contributed by atoms with Crippen LogP contribution in [-0.4, -0.2) is 16.5 Å². The fraction of sp³-hybridized carbons (Fsp3) is 0.273. The van der Waals surface area contributed by atoms with E-state index in [0.717, 1.165) is 29.4 Å². The Morgan fingerprint density at radius 1 is 0.962 bits per heavy atom. The molecule has 0 unspecified atom stereocenters. The van der Waals surface area contributed by atoms with Gasteiger partial charge in [0.25, 0.3) is 0 Å². The first-order valence-corrected chi connectivity index (χ1v) is 9.12. The lowest BCUT2D eigenvalue weighted by atomic mass is 10.0. The number of hydrogen-bond donors (Lipinski definition) is 1. The maximum absolute atomic E-state index is 4.74. The monoisotopic (exact) mass is 346 g/mol. The van der Waals surface area contributed by atoms with Crippen LogP contribution in [0.1, 0.15) is 37.9 Å². The number of hydrogen-bond acceptors (Lipinski definition) is 4. The summed E-state index contributed by atoms with van der Waals surface area (Å²) < 4.78 is 0. The van der Waals surface area contributed by atoms with Crippen LogP contribution in [0.5, 0.6) is 0 Å². The molecule has 0 fully saturated rings. The van der Waals surface area contributed by atoms with Crippen molar-refractivity contribution in [3.8, 4) is 0 Å². The van der Waals surface area contributed by atoms with Crippen molar-refractivity contribution in [1.82, 2.24) is 9.97 Å². The van der Waals surface area contributed by atoms with Crippen LogP contribution >= 0.6 is 0 Å². The first kappa shape index (κ1) is 17.9. The van der Waals surface area contributed by atoms with E-state index < -0.39 is 0 Å². The molecule has 1 N–H and O–H groups in total. The van der Waals surface area contributed by atoms with E-state index in [2.05, 4.69) is 72.4 Å². The Hall–Kier alpha value is -2.88. The van der Waals surface area contributed by atoms with E-state index in [1.54, 1.807) is 0 Å². The van der Waals surface area contributed by atoms with Gasteiger partial charge in [-0.2, -0.15) is 4.98 Å². The zero-order chi connectivity index (χ0) is 18.5. The summed E-state index contributed by atoms with van der Waals surface area (Å²) in [7, 11) is 0. The lowest BCUT2D eigenvalue weighted by Gasteiger charge is -2.22. The zero-order valence-electron chi connectivity index (χ0n) is 15.9. The van der Waals surface area contributed by atoms with E-state index in [9.17, 15) is 0 Å². The third-order valence-electron chi connectivity index (χ3n) is 4.32. The fourth-order valence-corrected chi connectivity index (χ4v) is 2.88. The number of aromatic nitrogens is 2. The minimum atomic E-state index is 0.529. The number of anilines is 4. The zero-order valence-corrected chi connectivity index (χ0v) is 15.9. The number of para-hydroxylation sites is 1. The smallest absolute Gasteiger partial charge is 0.232 e. The summed E-state index contributed by atoms with van der Waals surface area (Å²) in [5.41, 5.74) is 4.39. The highest BCUT2D eigenvalue weighted by atomic mass is 15.3. The van der Waals surface area contributed by atoms with Gasteiger partial charge >= 0.3 is 0 Å². The molecule has 4 heteroatoms. The molecule has 3 rings (SSSR count). The maximum Gasteiger partial charge on any atom is 0.232 e. The number of aryl methyl sites for hydroxylation is 1. The molecule has 0 saturated heterocycles. The van der Waals surface area contributed by atoms with E-state index in [0.29, 0.717) is 11.9 Å². The van der Waals surface area contributed by atoms with Gasteiger partial charge in [0, 0.05) is 29.7 Å². The topological polar surface area (TPSA) is 41.1 Å². The van der Waals surface area contributed by atoms with Crippen molar-refractivity contribution in [1.29, 1.82) is 0 Å². The summed E-state index contributed by atoms with van der Waals surface area (Å²) >= 11 is 0. The van der Waals surface area contributed by atoms with Gasteiger partial charge in [0.2, 0.25) is 5.95 Å². The van der Waals surface area contributed by atoms with Crippen molar-refractivity contribution in [2.75, 3.05) is 16.8 Å². The van der Waals surface area contributed by atoms with Crippen molar-refractivity contribution in [3.05, 3.63) is 71.9 Å². The number of nitrogens with one attached hydrogen (secondary N) is 1. The molecule has 0 aliphatic rings.